The molecule has 0 radical (unpaired) electrons. The summed E-state index contributed by atoms with van der Waals surface area (Å²) in [6.45, 7) is 7.14. The average Bonchev–Trinajstić information content (AvgIpc) is 2.89. The lowest BCUT2D eigenvalue weighted by Crippen LogP contribution is -2.55. The van der Waals surface area contributed by atoms with E-state index in [9.17, 15) is 27.2 Å². The molecule has 2 aliphatic rings. The molecule has 2 unspecified atom stereocenters. The predicted molar refractivity (Wildman–Crippen MR) is 136 cm³/mol. The number of anilines is 2. The van der Waals surface area contributed by atoms with Crippen molar-refractivity contribution in [3.05, 3.63) is 70.9 Å². The molecule has 5 rings (SSSR count). The number of aryl methyl sites for hydroxylation is 1. The molecule has 1 saturated heterocycles. The van der Waals surface area contributed by atoms with Gasteiger partial charge in [-0.1, -0.05) is 13.0 Å². The van der Waals surface area contributed by atoms with Crippen molar-refractivity contribution in [2.75, 3.05) is 30.0 Å². The van der Waals surface area contributed by atoms with Crippen LogP contribution < -0.4 is 10.2 Å². The van der Waals surface area contributed by atoms with Gasteiger partial charge in [-0.05, 0) is 55.7 Å². The van der Waals surface area contributed by atoms with Crippen molar-refractivity contribution in [1.29, 1.82) is 0 Å². The Balaban J connectivity index is 1.51. The minimum absolute atomic E-state index is 0.00892. The number of halogens is 4. The van der Waals surface area contributed by atoms with Gasteiger partial charge in [0, 0.05) is 47.8 Å². The van der Waals surface area contributed by atoms with Gasteiger partial charge in [0.25, 0.3) is 5.91 Å². The van der Waals surface area contributed by atoms with Gasteiger partial charge in [0.1, 0.15) is 5.82 Å². The number of rotatable bonds is 4. The summed E-state index contributed by atoms with van der Waals surface area (Å²) < 4.78 is 59.3. The molecule has 0 bridgehead atoms. The van der Waals surface area contributed by atoms with E-state index in [0.717, 1.165) is 34.5 Å². The minimum Gasteiger partial charge on any atom is -0.381 e. The fourth-order valence-corrected chi connectivity index (χ4v) is 5.37. The summed E-state index contributed by atoms with van der Waals surface area (Å²) >= 11 is 0. The predicted octanol–water partition coefficient (Wildman–Crippen LogP) is 5.52. The Morgan fingerprint density at radius 3 is 2.72 bits per heavy atom. The summed E-state index contributed by atoms with van der Waals surface area (Å²) in [7, 11) is 0. The average molecular weight is 543 g/mol. The molecule has 39 heavy (non-hydrogen) atoms. The van der Waals surface area contributed by atoms with Gasteiger partial charge in [0.15, 0.2) is 11.5 Å². The first kappa shape index (κ1) is 26.7. The summed E-state index contributed by atoms with van der Waals surface area (Å²) in [6, 6.07) is 7.89. The molecule has 7 nitrogen and oxygen atoms in total. The minimum atomic E-state index is -5.03. The number of pyridine rings is 2. The second kappa shape index (κ2) is 9.71. The van der Waals surface area contributed by atoms with Crippen molar-refractivity contribution < 1.29 is 31.9 Å². The molecule has 2 aliphatic heterocycles. The molecule has 3 aromatic rings. The topological polar surface area (TPSA) is 84.4 Å². The molecular formula is C28H26F4N4O3. The van der Waals surface area contributed by atoms with E-state index in [1.807, 2.05) is 19.9 Å². The van der Waals surface area contributed by atoms with Crippen LogP contribution in [0.25, 0.3) is 11.1 Å². The maximum Gasteiger partial charge on any atom is 0.436 e. The van der Waals surface area contributed by atoms with Crippen molar-refractivity contribution in [3.63, 3.8) is 0 Å². The Bertz CT molecular complexity index is 1480. The van der Waals surface area contributed by atoms with Gasteiger partial charge in [0.05, 0.1) is 18.1 Å². The molecular weight excluding hydrogens is 516 g/mol. The van der Waals surface area contributed by atoms with Crippen LogP contribution in [0.5, 0.6) is 0 Å². The van der Waals surface area contributed by atoms with E-state index in [4.69, 9.17) is 4.74 Å². The van der Waals surface area contributed by atoms with Crippen LogP contribution in [0.15, 0.2) is 42.7 Å². The summed E-state index contributed by atoms with van der Waals surface area (Å²) in [5.74, 6) is -2.50. The maximum atomic E-state index is 14.5. The molecule has 1 fully saturated rings. The number of amides is 2. The molecule has 1 N–H and O–H groups in total. The first-order valence-electron chi connectivity index (χ1n) is 12.5. The van der Waals surface area contributed by atoms with Crippen molar-refractivity contribution in [3.8, 4) is 11.1 Å². The van der Waals surface area contributed by atoms with Crippen LogP contribution >= 0.6 is 0 Å². The lowest BCUT2D eigenvalue weighted by Gasteiger charge is -2.47. The van der Waals surface area contributed by atoms with Crippen molar-refractivity contribution in [2.24, 2.45) is 5.92 Å². The van der Waals surface area contributed by atoms with Crippen molar-refractivity contribution in [1.82, 2.24) is 9.97 Å². The first-order valence-corrected chi connectivity index (χ1v) is 12.5. The SMILES string of the molecule is CCN1C(=O)C2COCCC2(C)c2cc(-c3cc(NC(=O)c4ccnc(C(F)(F)F)c4F)ccc3C)cnc21. The fourth-order valence-electron chi connectivity index (χ4n) is 5.37. The Morgan fingerprint density at radius 1 is 1.23 bits per heavy atom. The maximum absolute atomic E-state index is 14.5. The zero-order valence-electron chi connectivity index (χ0n) is 21.5. The molecule has 204 valence electrons. The number of carbonyl (C=O) groups excluding carboxylic acids is 2. The Kier molecular flexibility index (Phi) is 6.66. The number of alkyl halides is 3. The van der Waals surface area contributed by atoms with Gasteiger partial charge in [-0.3, -0.25) is 14.5 Å². The fraction of sp³-hybridized carbons (Fsp3) is 0.357. The van der Waals surface area contributed by atoms with Crippen LogP contribution in [0.1, 0.15) is 47.4 Å². The van der Waals surface area contributed by atoms with Crippen LogP contribution in [0.4, 0.5) is 29.1 Å². The third-order valence-corrected chi connectivity index (χ3v) is 7.65. The van der Waals surface area contributed by atoms with Crippen molar-refractivity contribution in [2.45, 2.75) is 38.8 Å². The quantitative estimate of drug-likeness (QED) is 0.439. The lowest BCUT2D eigenvalue weighted by molar-refractivity contribution is -0.143. The standard InChI is InChI=1S/C28H26F4N4O3/c1-4-36-24-20(27(3)8-10-39-14-21(27)26(36)38)11-16(13-34-24)19-12-17(6-5-15(19)2)35-25(37)18-7-9-33-23(22(18)29)28(30,31)32/h5-7,9,11-13,21H,4,8,10,14H2,1-3H3,(H,35,37). The van der Waals surface area contributed by atoms with E-state index < -0.39 is 34.6 Å². The Morgan fingerprint density at radius 2 is 2.00 bits per heavy atom. The van der Waals surface area contributed by atoms with E-state index >= 15 is 0 Å². The third kappa shape index (κ3) is 4.54. The van der Waals surface area contributed by atoms with Crippen LogP contribution in [0, 0.1) is 18.7 Å². The highest BCUT2D eigenvalue weighted by Gasteiger charge is 2.50. The highest BCUT2D eigenvalue weighted by molar-refractivity contribution is 6.05. The Hall–Kier alpha value is -3.86. The van der Waals surface area contributed by atoms with Crippen LogP contribution in [-0.4, -0.2) is 41.5 Å². The van der Waals surface area contributed by atoms with E-state index in [1.54, 1.807) is 29.3 Å². The van der Waals surface area contributed by atoms with Gasteiger partial charge in [-0.15, -0.1) is 0 Å². The molecule has 1 aromatic carbocycles. The van der Waals surface area contributed by atoms with Crippen LogP contribution in [0.3, 0.4) is 0 Å². The van der Waals surface area contributed by atoms with Gasteiger partial charge < -0.3 is 10.1 Å². The summed E-state index contributed by atoms with van der Waals surface area (Å²) in [6.07, 6.45) is -1.97. The second-order valence-corrected chi connectivity index (χ2v) is 9.98. The van der Waals surface area contributed by atoms with Gasteiger partial charge in [-0.2, -0.15) is 13.2 Å². The lowest BCUT2D eigenvalue weighted by atomic mass is 9.66. The van der Waals surface area contributed by atoms with Crippen LogP contribution in [0.2, 0.25) is 0 Å². The monoisotopic (exact) mass is 542 g/mol. The van der Waals surface area contributed by atoms with E-state index in [1.165, 1.54) is 0 Å². The molecule has 2 atom stereocenters. The largest absolute Gasteiger partial charge is 0.436 e. The summed E-state index contributed by atoms with van der Waals surface area (Å²) in [5.41, 5.74) is 0.545. The summed E-state index contributed by atoms with van der Waals surface area (Å²) in [4.78, 5) is 35.3. The van der Waals surface area contributed by atoms with Gasteiger partial charge in [-0.25, -0.2) is 14.4 Å². The molecule has 2 aromatic heterocycles. The smallest absolute Gasteiger partial charge is 0.381 e. The zero-order chi connectivity index (χ0) is 28.1. The Labute approximate surface area is 222 Å². The number of fused-ring (bicyclic) bond motifs is 3. The number of carbonyl (C=O) groups is 2. The van der Waals surface area contributed by atoms with E-state index in [2.05, 4.69) is 22.2 Å². The number of nitrogens with zero attached hydrogens (tertiary/aromatic N) is 3. The molecule has 4 heterocycles. The number of benzene rings is 1. The van der Waals surface area contributed by atoms with E-state index in [-0.39, 0.29) is 17.5 Å². The second-order valence-electron chi connectivity index (χ2n) is 9.98. The molecule has 11 heteroatoms. The molecule has 0 spiro atoms. The first-order chi connectivity index (χ1) is 18.5. The summed E-state index contributed by atoms with van der Waals surface area (Å²) in [5, 5.41) is 2.49. The number of nitrogens with one attached hydrogen (secondary N) is 1. The molecule has 2 amide bonds. The number of hydrogen-bond acceptors (Lipinski definition) is 5. The molecule has 0 saturated carbocycles. The highest BCUT2D eigenvalue weighted by atomic mass is 19.4. The number of aromatic nitrogens is 2. The van der Waals surface area contributed by atoms with Gasteiger partial charge in [0.2, 0.25) is 5.91 Å². The van der Waals surface area contributed by atoms with Gasteiger partial charge >= 0.3 is 6.18 Å². The third-order valence-electron chi connectivity index (χ3n) is 7.65. The van der Waals surface area contributed by atoms with E-state index in [0.29, 0.717) is 32.0 Å². The van der Waals surface area contributed by atoms with Crippen LogP contribution in [-0.2, 0) is 21.1 Å². The highest BCUT2D eigenvalue weighted by Crippen LogP contribution is 2.48. The zero-order valence-corrected chi connectivity index (χ0v) is 21.5. The normalized spacial score (nSPS) is 20.8. The molecule has 0 aliphatic carbocycles. The number of hydrogen-bond donors (Lipinski definition) is 1. The van der Waals surface area contributed by atoms with Crippen molar-refractivity contribution >= 4 is 23.3 Å². The number of ether oxygens (including phenoxy) is 1.